The molecule has 5 heteroatoms. The van der Waals surface area contributed by atoms with Crippen molar-refractivity contribution in [1.29, 1.82) is 0 Å². The first-order valence-corrected chi connectivity index (χ1v) is 6.32. The smallest absolute Gasteiger partial charge is 0.320 e. The van der Waals surface area contributed by atoms with Gasteiger partial charge in [-0.1, -0.05) is 0 Å². The van der Waals surface area contributed by atoms with Crippen LogP contribution < -0.4 is 4.74 Å². The summed E-state index contributed by atoms with van der Waals surface area (Å²) in [6.07, 6.45) is 1.79. The highest BCUT2D eigenvalue weighted by Gasteiger charge is 2.13. The third kappa shape index (κ3) is 4.21. The summed E-state index contributed by atoms with van der Waals surface area (Å²) in [5.41, 5.74) is 2.93. The van der Waals surface area contributed by atoms with Gasteiger partial charge in [0.25, 0.3) is 0 Å². The molecule has 1 aromatic rings. The molecule has 106 valence electrons. The number of aryl methyl sites for hydroxylation is 1. The van der Waals surface area contributed by atoms with E-state index in [9.17, 15) is 4.79 Å². The minimum Gasteiger partial charge on any atom is -0.496 e. The zero-order valence-corrected chi connectivity index (χ0v) is 12.3. The third-order valence-electron chi connectivity index (χ3n) is 2.87. The highest BCUT2D eigenvalue weighted by atomic mass is 16.5. The number of pyridine rings is 1. The van der Waals surface area contributed by atoms with Gasteiger partial charge in [-0.15, -0.1) is 0 Å². The molecule has 0 saturated heterocycles. The lowest BCUT2D eigenvalue weighted by Crippen LogP contribution is -2.27. The van der Waals surface area contributed by atoms with Crippen LogP contribution in [-0.2, 0) is 16.1 Å². The summed E-state index contributed by atoms with van der Waals surface area (Å²) in [5.74, 6) is 0.635. The number of carbonyl (C=O) groups is 1. The molecule has 1 rings (SSSR count). The van der Waals surface area contributed by atoms with Crippen molar-refractivity contribution in [3.8, 4) is 5.75 Å². The number of aromatic nitrogens is 1. The van der Waals surface area contributed by atoms with Gasteiger partial charge in [0.2, 0.25) is 0 Å². The maximum atomic E-state index is 11.4. The molecule has 5 nitrogen and oxygen atoms in total. The lowest BCUT2D eigenvalue weighted by atomic mass is 10.1. The van der Waals surface area contributed by atoms with Crippen LogP contribution in [0.15, 0.2) is 6.20 Å². The summed E-state index contributed by atoms with van der Waals surface area (Å²) in [5, 5.41) is 0. The van der Waals surface area contributed by atoms with Crippen LogP contribution in [0.1, 0.15) is 23.7 Å². The molecular weight excluding hydrogens is 244 g/mol. The average molecular weight is 266 g/mol. The fraction of sp³-hybridized carbons (Fsp3) is 0.571. The van der Waals surface area contributed by atoms with Gasteiger partial charge in [-0.25, -0.2) is 0 Å². The molecular formula is C14H22N2O3. The molecule has 1 aromatic heterocycles. The van der Waals surface area contributed by atoms with Gasteiger partial charge in [-0.05, 0) is 27.8 Å². The summed E-state index contributed by atoms with van der Waals surface area (Å²) in [6.45, 7) is 6.99. The van der Waals surface area contributed by atoms with Gasteiger partial charge >= 0.3 is 5.97 Å². The largest absolute Gasteiger partial charge is 0.496 e. The lowest BCUT2D eigenvalue weighted by Gasteiger charge is -2.18. The SMILES string of the molecule is CCOC(=O)CN(C)Cc1ncc(C)c(OC)c1C. The number of hydrogen-bond donors (Lipinski definition) is 0. The van der Waals surface area contributed by atoms with E-state index in [0.717, 1.165) is 22.6 Å². The summed E-state index contributed by atoms with van der Waals surface area (Å²) < 4.78 is 10.3. The number of carbonyl (C=O) groups excluding carboxylic acids is 1. The van der Waals surface area contributed by atoms with Gasteiger partial charge in [-0.2, -0.15) is 0 Å². The number of hydrogen-bond acceptors (Lipinski definition) is 5. The fourth-order valence-electron chi connectivity index (χ4n) is 1.97. The van der Waals surface area contributed by atoms with Crippen LogP contribution >= 0.6 is 0 Å². The van der Waals surface area contributed by atoms with Crippen LogP contribution in [0.2, 0.25) is 0 Å². The molecule has 0 fully saturated rings. The molecule has 1 heterocycles. The van der Waals surface area contributed by atoms with Crippen molar-refractivity contribution >= 4 is 5.97 Å². The van der Waals surface area contributed by atoms with Crippen LogP contribution in [0.25, 0.3) is 0 Å². The molecule has 0 saturated carbocycles. The minimum absolute atomic E-state index is 0.221. The number of likely N-dealkylation sites (N-methyl/N-ethyl adjacent to an activating group) is 1. The fourth-order valence-corrected chi connectivity index (χ4v) is 1.97. The van der Waals surface area contributed by atoms with Crippen LogP contribution in [-0.4, -0.2) is 43.2 Å². The topological polar surface area (TPSA) is 51.7 Å². The van der Waals surface area contributed by atoms with Gasteiger partial charge in [0.1, 0.15) is 5.75 Å². The first kappa shape index (κ1) is 15.4. The Kier molecular flexibility index (Phi) is 5.76. The van der Waals surface area contributed by atoms with Crippen LogP contribution in [0.5, 0.6) is 5.75 Å². The zero-order valence-electron chi connectivity index (χ0n) is 12.3. The molecule has 0 radical (unpaired) electrons. The van der Waals surface area contributed by atoms with E-state index >= 15 is 0 Å². The van der Waals surface area contributed by atoms with Crippen LogP contribution in [0, 0.1) is 13.8 Å². The molecule has 0 atom stereocenters. The van der Waals surface area contributed by atoms with Crippen molar-refractivity contribution in [1.82, 2.24) is 9.88 Å². The standard InChI is InChI=1S/C14H22N2O3/c1-6-19-13(17)9-16(4)8-12-11(3)14(18-5)10(2)7-15-12/h7H,6,8-9H2,1-5H3. The summed E-state index contributed by atoms with van der Waals surface area (Å²) in [4.78, 5) is 17.7. The molecule has 0 aliphatic rings. The predicted octanol–water partition coefficient (Wildman–Crippen LogP) is 1.70. The Balaban J connectivity index is 2.74. The molecule has 0 amide bonds. The Labute approximate surface area is 114 Å². The van der Waals surface area contributed by atoms with E-state index in [1.54, 1.807) is 20.2 Å². The van der Waals surface area contributed by atoms with Gasteiger partial charge in [0, 0.05) is 23.9 Å². The molecule has 19 heavy (non-hydrogen) atoms. The Morgan fingerprint density at radius 1 is 1.42 bits per heavy atom. The second kappa shape index (κ2) is 7.09. The summed E-state index contributed by atoms with van der Waals surface area (Å²) in [6, 6.07) is 0. The minimum atomic E-state index is -0.221. The second-order valence-corrected chi connectivity index (χ2v) is 4.52. The number of esters is 1. The molecule has 0 spiro atoms. The van der Waals surface area contributed by atoms with Crippen molar-refractivity contribution in [2.24, 2.45) is 0 Å². The number of methoxy groups -OCH3 is 1. The number of nitrogens with zero attached hydrogens (tertiary/aromatic N) is 2. The molecule has 0 aliphatic heterocycles. The normalized spacial score (nSPS) is 10.6. The van der Waals surface area contributed by atoms with Crippen molar-refractivity contribution in [3.05, 3.63) is 23.0 Å². The van der Waals surface area contributed by atoms with Crippen LogP contribution in [0.3, 0.4) is 0 Å². The quantitative estimate of drug-likeness (QED) is 0.734. The van der Waals surface area contributed by atoms with Gasteiger partial charge in [0.15, 0.2) is 0 Å². The van der Waals surface area contributed by atoms with E-state index < -0.39 is 0 Å². The Bertz CT molecular complexity index is 447. The zero-order chi connectivity index (χ0) is 14.4. The Morgan fingerprint density at radius 2 is 2.11 bits per heavy atom. The summed E-state index contributed by atoms with van der Waals surface area (Å²) in [7, 11) is 3.52. The third-order valence-corrected chi connectivity index (χ3v) is 2.87. The van der Waals surface area contributed by atoms with Gasteiger partial charge in [0.05, 0.1) is 26.0 Å². The van der Waals surface area contributed by atoms with E-state index in [1.165, 1.54) is 0 Å². The predicted molar refractivity (Wildman–Crippen MR) is 73.2 cm³/mol. The maximum absolute atomic E-state index is 11.4. The van der Waals surface area contributed by atoms with Crippen molar-refractivity contribution < 1.29 is 14.3 Å². The summed E-state index contributed by atoms with van der Waals surface area (Å²) >= 11 is 0. The van der Waals surface area contributed by atoms with Crippen LogP contribution in [0.4, 0.5) is 0 Å². The first-order valence-electron chi connectivity index (χ1n) is 6.32. The van der Waals surface area contributed by atoms with Gasteiger partial charge in [-0.3, -0.25) is 14.7 Å². The number of rotatable bonds is 6. The van der Waals surface area contributed by atoms with Crippen molar-refractivity contribution in [2.75, 3.05) is 27.3 Å². The maximum Gasteiger partial charge on any atom is 0.320 e. The van der Waals surface area contributed by atoms with Crippen molar-refractivity contribution in [3.63, 3.8) is 0 Å². The highest BCUT2D eigenvalue weighted by Crippen LogP contribution is 2.24. The second-order valence-electron chi connectivity index (χ2n) is 4.52. The molecule has 0 aromatic carbocycles. The monoisotopic (exact) mass is 266 g/mol. The highest BCUT2D eigenvalue weighted by molar-refractivity contribution is 5.71. The van der Waals surface area contributed by atoms with E-state index in [2.05, 4.69) is 4.98 Å². The number of ether oxygens (including phenoxy) is 2. The lowest BCUT2D eigenvalue weighted by molar-refractivity contribution is -0.144. The van der Waals surface area contributed by atoms with Crippen molar-refractivity contribution in [2.45, 2.75) is 27.3 Å². The van der Waals surface area contributed by atoms with Gasteiger partial charge < -0.3 is 9.47 Å². The Hall–Kier alpha value is -1.62. The van der Waals surface area contributed by atoms with E-state index in [-0.39, 0.29) is 12.5 Å². The first-order chi connectivity index (χ1) is 8.99. The van der Waals surface area contributed by atoms with E-state index in [4.69, 9.17) is 9.47 Å². The molecule has 0 unspecified atom stereocenters. The average Bonchev–Trinajstić information content (AvgIpc) is 2.33. The van der Waals surface area contributed by atoms with E-state index in [0.29, 0.717) is 13.2 Å². The van der Waals surface area contributed by atoms with E-state index in [1.807, 2.05) is 25.8 Å². The molecule has 0 bridgehead atoms. The molecule has 0 aliphatic carbocycles. The molecule has 0 N–H and O–H groups in total. The Morgan fingerprint density at radius 3 is 2.68 bits per heavy atom.